The van der Waals surface area contributed by atoms with Crippen LogP contribution in [0.15, 0.2) is 24.4 Å². The van der Waals surface area contributed by atoms with Crippen molar-refractivity contribution in [1.82, 2.24) is 4.98 Å². The SMILES string of the molecule is CCC(CCC#N)(C(C)=O)c1ccccn1. The molecule has 0 fully saturated rings. The maximum atomic E-state index is 11.9. The number of carbonyl (C=O) groups excluding carboxylic acids is 1. The summed E-state index contributed by atoms with van der Waals surface area (Å²) in [7, 11) is 0. The summed E-state index contributed by atoms with van der Waals surface area (Å²) in [5.41, 5.74) is 0.192. The second-order valence-electron chi connectivity index (χ2n) is 3.86. The van der Waals surface area contributed by atoms with Gasteiger partial charge in [0.05, 0.1) is 17.2 Å². The first kappa shape index (κ1) is 12.4. The van der Waals surface area contributed by atoms with Crippen LogP contribution in [-0.2, 0) is 10.2 Å². The molecule has 0 N–H and O–H groups in total. The molecule has 1 atom stereocenters. The predicted octanol–water partition coefficient (Wildman–Crippen LogP) is 2.62. The summed E-state index contributed by atoms with van der Waals surface area (Å²) in [6.07, 6.45) is 3.30. The van der Waals surface area contributed by atoms with Crippen LogP contribution in [0.2, 0.25) is 0 Å². The van der Waals surface area contributed by atoms with E-state index in [1.807, 2.05) is 25.1 Å². The predicted molar refractivity (Wildman–Crippen MR) is 61.7 cm³/mol. The van der Waals surface area contributed by atoms with Gasteiger partial charge in [-0.25, -0.2) is 0 Å². The first-order chi connectivity index (χ1) is 7.67. The van der Waals surface area contributed by atoms with Crippen molar-refractivity contribution in [2.24, 2.45) is 0 Å². The molecule has 0 aliphatic heterocycles. The number of Topliss-reactive ketones (excluding diaryl/α,β-unsaturated/α-hetero) is 1. The largest absolute Gasteiger partial charge is 0.299 e. The maximum absolute atomic E-state index is 11.9. The highest BCUT2D eigenvalue weighted by Gasteiger charge is 2.36. The lowest BCUT2D eigenvalue weighted by atomic mass is 9.74. The van der Waals surface area contributed by atoms with Crippen molar-refractivity contribution in [2.75, 3.05) is 0 Å². The Hall–Kier alpha value is -1.69. The van der Waals surface area contributed by atoms with E-state index in [0.29, 0.717) is 19.3 Å². The van der Waals surface area contributed by atoms with Crippen molar-refractivity contribution in [2.45, 2.75) is 38.5 Å². The fourth-order valence-corrected chi connectivity index (χ4v) is 2.01. The zero-order chi connectivity index (χ0) is 12.0. The lowest BCUT2D eigenvalue weighted by molar-refractivity contribution is -0.123. The zero-order valence-corrected chi connectivity index (χ0v) is 9.73. The van der Waals surface area contributed by atoms with Crippen LogP contribution in [0.4, 0.5) is 0 Å². The number of rotatable bonds is 5. The van der Waals surface area contributed by atoms with Crippen LogP contribution in [0, 0.1) is 11.3 Å². The first-order valence-electron chi connectivity index (χ1n) is 5.47. The van der Waals surface area contributed by atoms with E-state index in [-0.39, 0.29) is 5.78 Å². The lowest BCUT2D eigenvalue weighted by Gasteiger charge is -2.28. The summed E-state index contributed by atoms with van der Waals surface area (Å²) in [6.45, 7) is 3.54. The van der Waals surface area contributed by atoms with Crippen molar-refractivity contribution >= 4 is 5.78 Å². The molecule has 0 bridgehead atoms. The van der Waals surface area contributed by atoms with Gasteiger partial charge in [0.25, 0.3) is 0 Å². The summed E-state index contributed by atoms with van der Waals surface area (Å²) < 4.78 is 0. The summed E-state index contributed by atoms with van der Waals surface area (Å²) in [4.78, 5) is 16.1. The molecule has 1 rings (SSSR count). The maximum Gasteiger partial charge on any atom is 0.141 e. The number of nitriles is 1. The Morgan fingerprint density at radius 2 is 2.31 bits per heavy atom. The van der Waals surface area contributed by atoms with Crippen LogP contribution < -0.4 is 0 Å². The highest BCUT2D eigenvalue weighted by molar-refractivity contribution is 5.87. The van der Waals surface area contributed by atoms with Crippen LogP contribution in [0.5, 0.6) is 0 Å². The van der Waals surface area contributed by atoms with Crippen molar-refractivity contribution in [3.8, 4) is 6.07 Å². The molecule has 0 spiro atoms. The normalized spacial score (nSPS) is 13.8. The average molecular weight is 216 g/mol. The first-order valence-corrected chi connectivity index (χ1v) is 5.47. The monoisotopic (exact) mass is 216 g/mol. The van der Waals surface area contributed by atoms with E-state index in [2.05, 4.69) is 11.1 Å². The molecule has 16 heavy (non-hydrogen) atoms. The molecule has 1 unspecified atom stereocenters. The molecule has 3 heteroatoms. The number of aromatic nitrogens is 1. The molecular weight excluding hydrogens is 200 g/mol. The lowest BCUT2D eigenvalue weighted by Crippen LogP contribution is -2.34. The van der Waals surface area contributed by atoms with Gasteiger partial charge in [0.2, 0.25) is 0 Å². The van der Waals surface area contributed by atoms with Crippen LogP contribution in [0.25, 0.3) is 0 Å². The fraction of sp³-hybridized carbons (Fsp3) is 0.462. The van der Waals surface area contributed by atoms with Crippen LogP contribution in [0.1, 0.15) is 38.8 Å². The highest BCUT2D eigenvalue weighted by Crippen LogP contribution is 2.32. The Balaban J connectivity index is 3.13. The third kappa shape index (κ3) is 2.27. The van der Waals surface area contributed by atoms with E-state index < -0.39 is 5.41 Å². The topological polar surface area (TPSA) is 53.8 Å². The van der Waals surface area contributed by atoms with E-state index >= 15 is 0 Å². The van der Waals surface area contributed by atoms with Gasteiger partial charge < -0.3 is 0 Å². The molecular formula is C13H16N2O. The van der Waals surface area contributed by atoms with Gasteiger partial charge in [-0.3, -0.25) is 9.78 Å². The van der Waals surface area contributed by atoms with Gasteiger partial charge in [-0.15, -0.1) is 0 Å². The smallest absolute Gasteiger partial charge is 0.141 e. The van der Waals surface area contributed by atoms with E-state index in [1.54, 1.807) is 13.1 Å². The molecule has 1 heterocycles. The van der Waals surface area contributed by atoms with Gasteiger partial charge >= 0.3 is 0 Å². The van der Waals surface area contributed by atoms with Crippen molar-refractivity contribution in [3.63, 3.8) is 0 Å². The Bertz CT molecular complexity index is 394. The minimum atomic E-state index is -0.586. The number of carbonyl (C=O) groups is 1. The van der Waals surface area contributed by atoms with Gasteiger partial charge in [0, 0.05) is 12.6 Å². The van der Waals surface area contributed by atoms with E-state index in [9.17, 15) is 4.79 Å². The molecule has 0 saturated carbocycles. The molecule has 0 aliphatic rings. The highest BCUT2D eigenvalue weighted by atomic mass is 16.1. The Morgan fingerprint density at radius 3 is 2.75 bits per heavy atom. The summed E-state index contributed by atoms with van der Waals surface area (Å²) >= 11 is 0. The van der Waals surface area contributed by atoms with Crippen molar-refractivity contribution < 1.29 is 4.79 Å². The fourth-order valence-electron chi connectivity index (χ4n) is 2.01. The van der Waals surface area contributed by atoms with E-state index in [1.165, 1.54) is 0 Å². The van der Waals surface area contributed by atoms with Gasteiger partial charge in [0.15, 0.2) is 0 Å². The number of ketones is 1. The Morgan fingerprint density at radius 1 is 1.56 bits per heavy atom. The third-order valence-electron chi connectivity index (χ3n) is 3.10. The molecule has 0 aliphatic carbocycles. The Kier molecular flexibility index (Phi) is 4.19. The second kappa shape index (κ2) is 5.41. The van der Waals surface area contributed by atoms with Gasteiger partial charge in [-0.05, 0) is 31.9 Å². The molecule has 0 radical (unpaired) electrons. The molecule has 84 valence electrons. The standard InChI is InChI=1S/C13H16N2O/c1-3-13(11(2)16,8-6-9-14)12-7-4-5-10-15-12/h4-5,7,10H,3,6,8H2,1-2H3. The zero-order valence-electron chi connectivity index (χ0n) is 9.73. The molecule has 0 aromatic carbocycles. The average Bonchev–Trinajstić information content (AvgIpc) is 2.31. The molecule has 3 nitrogen and oxygen atoms in total. The van der Waals surface area contributed by atoms with Gasteiger partial charge in [-0.2, -0.15) is 5.26 Å². The quantitative estimate of drug-likeness (QED) is 0.760. The van der Waals surface area contributed by atoms with Crippen molar-refractivity contribution in [1.29, 1.82) is 5.26 Å². The minimum absolute atomic E-state index is 0.0870. The second-order valence-corrected chi connectivity index (χ2v) is 3.86. The molecule has 1 aromatic rings. The molecule has 0 amide bonds. The number of hydrogen-bond donors (Lipinski definition) is 0. The van der Waals surface area contributed by atoms with Crippen molar-refractivity contribution in [3.05, 3.63) is 30.1 Å². The Labute approximate surface area is 96.1 Å². The summed E-state index contributed by atoms with van der Waals surface area (Å²) in [6, 6.07) is 7.67. The summed E-state index contributed by atoms with van der Waals surface area (Å²) in [5.74, 6) is 0.0870. The molecule has 0 saturated heterocycles. The van der Waals surface area contributed by atoms with Gasteiger partial charge in [0.1, 0.15) is 5.78 Å². The van der Waals surface area contributed by atoms with Crippen LogP contribution in [-0.4, -0.2) is 10.8 Å². The summed E-state index contributed by atoms with van der Waals surface area (Å²) in [5, 5.41) is 8.67. The molecule has 1 aromatic heterocycles. The van der Waals surface area contributed by atoms with Crippen LogP contribution in [0.3, 0.4) is 0 Å². The number of nitrogens with zero attached hydrogens (tertiary/aromatic N) is 2. The van der Waals surface area contributed by atoms with E-state index in [4.69, 9.17) is 5.26 Å². The number of hydrogen-bond acceptors (Lipinski definition) is 3. The van der Waals surface area contributed by atoms with Gasteiger partial charge in [-0.1, -0.05) is 13.0 Å². The van der Waals surface area contributed by atoms with Crippen LogP contribution >= 0.6 is 0 Å². The van der Waals surface area contributed by atoms with E-state index in [0.717, 1.165) is 5.69 Å². The third-order valence-corrected chi connectivity index (χ3v) is 3.10. The number of pyridine rings is 1. The minimum Gasteiger partial charge on any atom is -0.299 e.